The molecule has 0 unspecified atom stereocenters. The number of hydrogen-bond acceptors (Lipinski definition) is 0. The summed E-state index contributed by atoms with van der Waals surface area (Å²) in [5, 5.41) is 0. The number of hydrogen-bond donors (Lipinski definition) is 0. The summed E-state index contributed by atoms with van der Waals surface area (Å²) in [5.41, 5.74) is 0.127. The molecule has 0 N–H and O–H groups in total. The van der Waals surface area contributed by atoms with Gasteiger partial charge < -0.3 is 0 Å². The Morgan fingerprint density at radius 1 is 1.38 bits per heavy atom. The Hall–Kier alpha value is -0.400. The predicted molar refractivity (Wildman–Crippen MR) is 64.7 cm³/mol. The van der Waals surface area contributed by atoms with E-state index >= 15 is 0 Å². The van der Waals surface area contributed by atoms with E-state index in [1.807, 2.05) is 6.08 Å². The average Bonchev–Trinajstić information content (AvgIpc) is 2.29. The molecule has 94 valence electrons. The highest BCUT2D eigenvalue weighted by molar-refractivity contribution is 4.90. The largest absolute Gasteiger partial charge is 0.241 e. The van der Waals surface area contributed by atoms with Gasteiger partial charge in [-0.1, -0.05) is 32.4 Å². The first-order valence-corrected chi connectivity index (χ1v) is 6.50. The van der Waals surface area contributed by atoms with Gasteiger partial charge in [-0.2, -0.15) is 0 Å². The minimum Gasteiger partial charge on any atom is -0.210 e. The first-order valence-electron chi connectivity index (χ1n) is 6.50. The first kappa shape index (κ1) is 13.7. The molecule has 1 rings (SSSR count). The maximum atomic E-state index is 12.9. The Labute approximate surface area is 98.1 Å². The van der Waals surface area contributed by atoms with E-state index in [0.717, 1.165) is 32.1 Å². The topological polar surface area (TPSA) is 0 Å². The molecule has 1 aliphatic rings. The molecule has 0 nitrogen and oxygen atoms in total. The summed E-state index contributed by atoms with van der Waals surface area (Å²) >= 11 is 0. The standard InChI is InChI=1S/C14H24F2/c1-3-9-14(2)10-7-5-4-6-8-12(11-14)13(15)16/h4,6,12-13H,3,5,7-11H2,1-2H3/b6-4+/t12-,14+/m0/s1. The molecular formula is C14H24F2. The van der Waals surface area contributed by atoms with Gasteiger partial charge in [0.1, 0.15) is 0 Å². The molecule has 2 atom stereocenters. The highest BCUT2D eigenvalue weighted by Gasteiger charge is 2.31. The van der Waals surface area contributed by atoms with Gasteiger partial charge in [0.2, 0.25) is 6.43 Å². The summed E-state index contributed by atoms with van der Waals surface area (Å²) in [6.07, 6.45) is 8.56. The van der Waals surface area contributed by atoms with Crippen LogP contribution in [-0.4, -0.2) is 6.43 Å². The molecule has 0 saturated heterocycles. The lowest BCUT2D eigenvalue weighted by Gasteiger charge is -2.32. The third-order valence-corrected chi connectivity index (χ3v) is 3.72. The number of halogens is 2. The molecule has 1 aliphatic carbocycles. The highest BCUT2D eigenvalue weighted by Crippen LogP contribution is 2.40. The zero-order valence-corrected chi connectivity index (χ0v) is 10.5. The number of rotatable bonds is 3. The molecule has 0 aromatic carbocycles. The van der Waals surface area contributed by atoms with Crippen LogP contribution >= 0.6 is 0 Å². The van der Waals surface area contributed by atoms with E-state index in [1.54, 1.807) is 0 Å². The average molecular weight is 230 g/mol. The van der Waals surface area contributed by atoms with Crippen molar-refractivity contribution < 1.29 is 8.78 Å². The third kappa shape index (κ3) is 4.23. The summed E-state index contributed by atoms with van der Waals surface area (Å²) < 4.78 is 25.8. The van der Waals surface area contributed by atoms with Gasteiger partial charge in [-0.25, -0.2) is 8.78 Å². The summed E-state index contributed by atoms with van der Waals surface area (Å²) in [6.45, 7) is 4.34. The Bertz CT molecular complexity index is 223. The summed E-state index contributed by atoms with van der Waals surface area (Å²) in [7, 11) is 0. The molecule has 2 heteroatoms. The van der Waals surface area contributed by atoms with Gasteiger partial charge in [0, 0.05) is 5.92 Å². The van der Waals surface area contributed by atoms with Crippen LogP contribution in [0.1, 0.15) is 58.8 Å². The molecule has 0 aliphatic heterocycles. The zero-order valence-electron chi connectivity index (χ0n) is 10.5. The SMILES string of the molecule is CCC[C@]1(C)CCC/C=C/C[C@H](C(F)F)C1. The van der Waals surface area contributed by atoms with Gasteiger partial charge in [-0.05, 0) is 43.9 Å². The summed E-state index contributed by atoms with van der Waals surface area (Å²) in [6, 6.07) is 0. The van der Waals surface area contributed by atoms with Crippen LogP contribution in [0.4, 0.5) is 8.78 Å². The first-order chi connectivity index (χ1) is 7.57. The predicted octanol–water partition coefficient (Wildman–Crippen LogP) is 5.19. The van der Waals surface area contributed by atoms with E-state index in [9.17, 15) is 8.78 Å². The maximum Gasteiger partial charge on any atom is 0.241 e. The van der Waals surface area contributed by atoms with Crippen LogP contribution in [-0.2, 0) is 0 Å². The lowest BCUT2D eigenvalue weighted by molar-refractivity contribution is 0.0434. The molecule has 0 aromatic rings. The van der Waals surface area contributed by atoms with Gasteiger partial charge in [0.25, 0.3) is 0 Å². The van der Waals surface area contributed by atoms with Crippen LogP contribution in [0.15, 0.2) is 12.2 Å². The normalized spacial score (nSPS) is 34.2. The molecule has 0 heterocycles. The molecule has 0 aromatic heterocycles. The zero-order chi connectivity index (χ0) is 12.0. The second kappa shape index (κ2) is 6.36. The van der Waals surface area contributed by atoms with E-state index in [-0.39, 0.29) is 5.41 Å². The van der Waals surface area contributed by atoms with E-state index in [2.05, 4.69) is 19.9 Å². The molecule has 0 fully saturated rings. The number of allylic oxidation sites excluding steroid dienone is 2. The fourth-order valence-electron chi connectivity index (χ4n) is 2.88. The van der Waals surface area contributed by atoms with Crippen molar-refractivity contribution in [3.05, 3.63) is 12.2 Å². The minimum absolute atomic E-state index is 0.127. The molecule has 0 saturated carbocycles. The van der Waals surface area contributed by atoms with Crippen LogP contribution in [0.2, 0.25) is 0 Å². The van der Waals surface area contributed by atoms with Gasteiger partial charge >= 0.3 is 0 Å². The number of alkyl halides is 2. The molecule has 0 bridgehead atoms. The van der Waals surface area contributed by atoms with Crippen molar-refractivity contribution in [2.75, 3.05) is 0 Å². The Kier molecular flexibility index (Phi) is 5.43. The van der Waals surface area contributed by atoms with Gasteiger partial charge in [-0.15, -0.1) is 0 Å². The Balaban J connectivity index is 2.70. The second-order valence-electron chi connectivity index (χ2n) is 5.46. The van der Waals surface area contributed by atoms with E-state index < -0.39 is 12.3 Å². The van der Waals surface area contributed by atoms with Crippen molar-refractivity contribution in [2.45, 2.75) is 65.2 Å². The van der Waals surface area contributed by atoms with Gasteiger partial charge in [0.05, 0.1) is 0 Å². The van der Waals surface area contributed by atoms with Gasteiger partial charge in [0.15, 0.2) is 0 Å². The monoisotopic (exact) mass is 230 g/mol. The third-order valence-electron chi connectivity index (χ3n) is 3.72. The molecule has 0 spiro atoms. The maximum absolute atomic E-state index is 12.9. The molecule has 16 heavy (non-hydrogen) atoms. The van der Waals surface area contributed by atoms with Crippen molar-refractivity contribution in [1.29, 1.82) is 0 Å². The lowest BCUT2D eigenvalue weighted by atomic mass is 9.74. The van der Waals surface area contributed by atoms with Crippen molar-refractivity contribution in [3.63, 3.8) is 0 Å². The van der Waals surface area contributed by atoms with Crippen LogP contribution in [0.5, 0.6) is 0 Å². The van der Waals surface area contributed by atoms with Crippen LogP contribution in [0.3, 0.4) is 0 Å². The Morgan fingerprint density at radius 3 is 2.75 bits per heavy atom. The second-order valence-corrected chi connectivity index (χ2v) is 5.46. The van der Waals surface area contributed by atoms with E-state index in [4.69, 9.17) is 0 Å². The lowest BCUT2D eigenvalue weighted by Crippen LogP contribution is -2.24. The quantitative estimate of drug-likeness (QED) is 0.585. The minimum atomic E-state index is -2.17. The Morgan fingerprint density at radius 2 is 2.12 bits per heavy atom. The molecular weight excluding hydrogens is 206 g/mol. The summed E-state index contributed by atoms with van der Waals surface area (Å²) in [5.74, 6) is -0.439. The fourth-order valence-corrected chi connectivity index (χ4v) is 2.88. The summed E-state index contributed by atoms with van der Waals surface area (Å²) in [4.78, 5) is 0. The van der Waals surface area contributed by atoms with Crippen LogP contribution < -0.4 is 0 Å². The molecule has 0 radical (unpaired) electrons. The molecule has 0 amide bonds. The van der Waals surface area contributed by atoms with E-state index in [1.165, 1.54) is 0 Å². The van der Waals surface area contributed by atoms with Crippen LogP contribution in [0, 0.1) is 11.3 Å². The van der Waals surface area contributed by atoms with Crippen molar-refractivity contribution in [3.8, 4) is 0 Å². The van der Waals surface area contributed by atoms with E-state index in [0.29, 0.717) is 12.8 Å². The fraction of sp³-hybridized carbons (Fsp3) is 0.857. The smallest absolute Gasteiger partial charge is 0.210 e. The van der Waals surface area contributed by atoms with Gasteiger partial charge in [-0.3, -0.25) is 0 Å². The van der Waals surface area contributed by atoms with Crippen molar-refractivity contribution in [1.82, 2.24) is 0 Å². The van der Waals surface area contributed by atoms with Crippen molar-refractivity contribution >= 4 is 0 Å². The highest BCUT2D eigenvalue weighted by atomic mass is 19.3. The van der Waals surface area contributed by atoms with Crippen LogP contribution in [0.25, 0.3) is 0 Å². The van der Waals surface area contributed by atoms with Crippen molar-refractivity contribution in [2.24, 2.45) is 11.3 Å².